The molecule has 9 heteroatoms. The molecule has 0 saturated carbocycles. The van der Waals surface area contributed by atoms with Gasteiger partial charge in [-0.1, -0.05) is 0 Å². The molecular weight excluding hydrogens is 404 g/mol. The van der Waals surface area contributed by atoms with Gasteiger partial charge in [-0.25, -0.2) is 4.98 Å². The van der Waals surface area contributed by atoms with E-state index in [-0.39, 0.29) is 41.7 Å². The van der Waals surface area contributed by atoms with Crippen molar-refractivity contribution in [3.05, 3.63) is 16.6 Å². The second-order valence-electron chi connectivity index (χ2n) is 8.85. The van der Waals surface area contributed by atoms with E-state index < -0.39 is 6.04 Å². The summed E-state index contributed by atoms with van der Waals surface area (Å²) in [6, 6.07) is -0.475. The van der Waals surface area contributed by atoms with Gasteiger partial charge in [0.15, 0.2) is 0 Å². The van der Waals surface area contributed by atoms with Gasteiger partial charge in [0.25, 0.3) is 5.91 Å². The van der Waals surface area contributed by atoms with Gasteiger partial charge < -0.3 is 19.9 Å². The van der Waals surface area contributed by atoms with Crippen LogP contribution in [-0.2, 0) is 25.7 Å². The molecular formula is C21H28N4O4S. The zero-order chi connectivity index (χ0) is 20.7. The number of likely N-dealkylation sites (tertiary alicyclic amines) is 1. The van der Waals surface area contributed by atoms with E-state index in [4.69, 9.17) is 4.74 Å². The Morgan fingerprint density at radius 2 is 2.10 bits per heavy atom. The molecule has 0 aromatic carbocycles. The zero-order valence-electron chi connectivity index (χ0n) is 17.0. The Morgan fingerprint density at radius 3 is 2.87 bits per heavy atom. The summed E-state index contributed by atoms with van der Waals surface area (Å²) in [7, 11) is 0. The molecule has 1 aromatic heterocycles. The fourth-order valence-corrected chi connectivity index (χ4v) is 6.31. The summed E-state index contributed by atoms with van der Waals surface area (Å²) in [5.74, 6) is 0.208. The Labute approximate surface area is 180 Å². The van der Waals surface area contributed by atoms with Crippen LogP contribution in [0.1, 0.15) is 43.5 Å². The SMILES string of the molecule is O=C(NCc1nccs1)[C@H]1[C@H]2C[C@H](CN(C(=O)[C@@H]3CCCO3)C2)[C@@H]2CCCC(=O)N21. The lowest BCUT2D eigenvalue weighted by molar-refractivity contribution is -0.165. The smallest absolute Gasteiger partial charge is 0.251 e. The molecule has 30 heavy (non-hydrogen) atoms. The van der Waals surface area contributed by atoms with Crippen molar-refractivity contribution in [2.24, 2.45) is 11.8 Å². The van der Waals surface area contributed by atoms with Gasteiger partial charge in [0.05, 0.1) is 6.54 Å². The normalized spacial score (nSPS) is 33.3. The summed E-state index contributed by atoms with van der Waals surface area (Å²) < 4.78 is 5.63. The molecule has 5 heterocycles. The Balaban J connectivity index is 1.37. The number of hydrogen-bond donors (Lipinski definition) is 1. The predicted molar refractivity (Wildman–Crippen MR) is 109 cm³/mol. The molecule has 0 spiro atoms. The summed E-state index contributed by atoms with van der Waals surface area (Å²) in [4.78, 5) is 47.2. The van der Waals surface area contributed by atoms with Crippen molar-refractivity contribution < 1.29 is 19.1 Å². The highest BCUT2D eigenvalue weighted by molar-refractivity contribution is 7.09. The third-order valence-corrected chi connectivity index (χ3v) is 7.80. The number of carbonyl (C=O) groups excluding carboxylic acids is 3. The highest BCUT2D eigenvalue weighted by Gasteiger charge is 2.52. The molecule has 3 amide bonds. The van der Waals surface area contributed by atoms with Gasteiger partial charge in [-0.3, -0.25) is 14.4 Å². The van der Waals surface area contributed by atoms with Crippen molar-refractivity contribution in [2.45, 2.75) is 63.3 Å². The van der Waals surface area contributed by atoms with Crippen LogP contribution in [0.2, 0.25) is 0 Å². The average molecular weight is 433 g/mol. The lowest BCUT2D eigenvalue weighted by atomic mass is 9.71. The molecule has 1 N–H and O–H groups in total. The lowest BCUT2D eigenvalue weighted by Gasteiger charge is -2.56. The van der Waals surface area contributed by atoms with Crippen molar-refractivity contribution in [1.29, 1.82) is 0 Å². The number of ether oxygens (including phenoxy) is 1. The summed E-state index contributed by atoms with van der Waals surface area (Å²) in [6.45, 7) is 2.19. The van der Waals surface area contributed by atoms with Crippen molar-refractivity contribution in [1.82, 2.24) is 20.1 Å². The van der Waals surface area contributed by atoms with Gasteiger partial charge in [0.2, 0.25) is 11.8 Å². The van der Waals surface area contributed by atoms with Crippen molar-refractivity contribution in [3.63, 3.8) is 0 Å². The number of carbonyl (C=O) groups is 3. The first-order chi connectivity index (χ1) is 14.6. The standard InChI is InChI=1S/C21H28N4O4S/c26-18-5-1-3-15-13-9-14(12-24(11-13)21(28)16-4-2-7-29-16)19(25(15)18)20(27)23-10-17-22-6-8-30-17/h6,8,13-16,19H,1-5,7,9-12H2,(H,23,27)/t13-,14+,15+,16+,19-/m1/s1. The maximum Gasteiger partial charge on any atom is 0.251 e. The first kappa shape index (κ1) is 19.9. The minimum Gasteiger partial charge on any atom is -0.368 e. The van der Waals surface area contributed by atoms with Crippen LogP contribution in [0, 0.1) is 11.8 Å². The van der Waals surface area contributed by atoms with E-state index in [0.717, 1.165) is 37.1 Å². The van der Waals surface area contributed by atoms with Crippen molar-refractivity contribution >= 4 is 29.1 Å². The van der Waals surface area contributed by atoms with E-state index >= 15 is 0 Å². The Bertz CT molecular complexity index is 810. The highest BCUT2D eigenvalue weighted by atomic mass is 32.1. The first-order valence-corrected chi connectivity index (χ1v) is 11.9. The number of thiazole rings is 1. The van der Waals surface area contributed by atoms with Crippen LogP contribution < -0.4 is 5.32 Å². The van der Waals surface area contributed by atoms with E-state index in [0.29, 0.717) is 32.7 Å². The van der Waals surface area contributed by atoms with Gasteiger partial charge in [-0.15, -0.1) is 11.3 Å². The zero-order valence-corrected chi connectivity index (χ0v) is 17.8. The molecule has 4 aliphatic rings. The van der Waals surface area contributed by atoms with Crippen LogP contribution in [0.3, 0.4) is 0 Å². The Hall–Kier alpha value is -2.00. The molecule has 0 aliphatic carbocycles. The number of nitrogens with one attached hydrogen (secondary N) is 1. The van der Waals surface area contributed by atoms with Gasteiger partial charge in [-0.2, -0.15) is 0 Å². The van der Waals surface area contributed by atoms with Gasteiger partial charge in [0, 0.05) is 49.7 Å². The monoisotopic (exact) mass is 432 g/mol. The third kappa shape index (κ3) is 3.62. The molecule has 5 atom stereocenters. The minimum atomic E-state index is -0.515. The molecule has 8 nitrogen and oxygen atoms in total. The minimum absolute atomic E-state index is 0.0382. The quantitative estimate of drug-likeness (QED) is 0.771. The molecule has 0 unspecified atom stereocenters. The second kappa shape index (κ2) is 8.26. The number of fused-ring (bicyclic) bond motifs is 4. The molecule has 4 saturated heterocycles. The van der Waals surface area contributed by atoms with Gasteiger partial charge >= 0.3 is 0 Å². The molecule has 4 aliphatic heterocycles. The summed E-state index contributed by atoms with van der Waals surface area (Å²) >= 11 is 1.50. The van der Waals surface area contributed by atoms with Gasteiger partial charge in [0.1, 0.15) is 17.2 Å². The van der Waals surface area contributed by atoms with E-state index in [1.165, 1.54) is 11.3 Å². The fourth-order valence-electron chi connectivity index (χ4n) is 5.76. The van der Waals surface area contributed by atoms with E-state index in [9.17, 15) is 14.4 Å². The van der Waals surface area contributed by atoms with Crippen LogP contribution in [0.5, 0.6) is 0 Å². The van der Waals surface area contributed by atoms with E-state index in [2.05, 4.69) is 10.3 Å². The molecule has 5 rings (SSSR count). The highest BCUT2D eigenvalue weighted by Crippen LogP contribution is 2.42. The maximum atomic E-state index is 13.3. The number of aromatic nitrogens is 1. The van der Waals surface area contributed by atoms with Crippen molar-refractivity contribution in [3.8, 4) is 0 Å². The van der Waals surface area contributed by atoms with E-state index in [1.807, 2.05) is 15.2 Å². The first-order valence-electron chi connectivity index (χ1n) is 11.0. The molecule has 4 fully saturated rings. The summed E-state index contributed by atoms with van der Waals surface area (Å²) in [5.41, 5.74) is 0. The number of piperidine rings is 3. The maximum absolute atomic E-state index is 13.3. The molecule has 0 radical (unpaired) electrons. The number of rotatable bonds is 4. The molecule has 1 aromatic rings. The van der Waals surface area contributed by atoms with Gasteiger partial charge in [-0.05, 0) is 38.0 Å². The van der Waals surface area contributed by atoms with Crippen LogP contribution in [0.4, 0.5) is 0 Å². The number of amides is 3. The van der Waals surface area contributed by atoms with Crippen molar-refractivity contribution in [2.75, 3.05) is 19.7 Å². The number of nitrogens with zero attached hydrogens (tertiary/aromatic N) is 3. The third-order valence-electron chi connectivity index (χ3n) is 7.02. The van der Waals surface area contributed by atoms with Crippen LogP contribution >= 0.6 is 11.3 Å². The summed E-state index contributed by atoms with van der Waals surface area (Å²) in [5, 5.41) is 5.72. The van der Waals surface area contributed by atoms with E-state index in [1.54, 1.807) is 6.20 Å². The Kier molecular flexibility index (Phi) is 5.49. The van der Waals surface area contributed by atoms with Crippen LogP contribution in [-0.4, -0.2) is 70.4 Å². The predicted octanol–water partition coefficient (Wildman–Crippen LogP) is 1.17. The lowest BCUT2D eigenvalue weighted by Crippen LogP contribution is -2.69. The number of hydrogen-bond acceptors (Lipinski definition) is 6. The molecule has 162 valence electrons. The largest absolute Gasteiger partial charge is 0.368 e. The Morgan fingerprint density at radius 1 is 1.23 bits per heavy atom. The van der Waals surface area contributed by atoms with Crippen LogP contribution in [0.25, 0.3) is 0 Å². The average Bonchev–Trinajstić information content (AvgIpc) is 3.46. The molecule has 2 bridgehead atoms. The topological polar surface area (TPSA) is 91.8 Å². The van der Waals surface area contributed by atoms with Crippen LogP contribution in [0.15, 0.2) is 11.6 Å². The fraction of sp³-hybridized carbons (Fsp3) is 0.714. The summed E-state index contributed by atoms with van der Waals surface area (Å²) in [6.07, 6.45) is 6.22. The second-order valence-corrected chi connectivity index (χ2v) is 9.83.